The maximum atomic E-state index is 12.1. The van der Waals surface area contributed by atoms with Crippen LogP contribution in [0.3, 0.4) is 0 Å². The Morgan fingerprint density at radius 3 is 2.36 bits per heavy atom. The molecule has 8 nitrogen and oxygen atoms in total. The summed E-state index contributed by atoms with van der Waals surface area (Å²) in [6.45, 7) is 2.15. The number of carbonyl (C=O) groups is 3. The van der Waals surface area contributed by atoms with Gasteiger partial charge in [-0.1, -0.05) is 0 Å². The number of esters is 1. The number of methoxy groups -OCH3 is 2. The van der Waals surface area contributed by atoms with Crippen molar-refractivity contribution in [1.29, 1.82) is 0 Å². The predicted molar refractivity (Wildman–Crippen MR) is 88.5 cm³/mol. The van der Waals surface area contributed by atoms with Gasteiger partial charge in [-0.25, -0.2) is 4.79 Å². The van der Waals surface area contributed by atoms with Crippen LogP contribution in [0.4, 0.5) is 4.79 Å². The zero-order valence-corrected chi connectivity index (χ0v) is 14.5. The van der Waals surface area contributed by atoms with Crippen LogP contribution < -0.4 is 14.8 Å². The molecule has 1 N–H and O–H groups in total. The molecule has 1 aliphatic rings. The van der Waals surface area contributed by atoms with E-state index in [0.29, 0.717) is 24.5 Å². The van der Waals surface area contributed by atoms with Gasteiger partial charge in [0.2, 0.25) is 0 Å². The lowest BCUT2D eigenvalue weighted by Crippen LogP contribution is -2.41. The van der Waals surface area contributed by atoms with Gasteiger partial charge in [0.05, 0.1) is 14.2 Å². The summed E-state index contributed by atoms with van der Waals surface area (Å²) < 4.78 is 15.5. The summed E-state index contributed by atoms with van der Waals surface area (Å²) in [6.07, 6.45) is -0.492. The highest BCUT2D eigenvalue weighted by molar-refractivity contribution is 5.98. The van der Waals surface area contributed by atoms with Gasteiger partial charge in [-0.2, -0.15) is 0 Å². The summed E-state index contributed by atoms with van der Waals surface area (Å²) in [7, 11) is 3.10. The van der Waals surface area contributed by atoms with Crippen LogP contribution in [0.5, 0.6) is 11.5 Å². The smallest absolute Gasteiger partial charge is 0.324 e. The Bertz CT molecular complexity index is 638. The molecule has 0 spiro atoms. The topological polar surface area (TPSA) is 94.2 Å². The Balaban J connectivity index is 1.88. The summed E-state index contributed by atoms with van der Waals surface area (Å²) in [6, 6.07) is 4.89. The number of hydrogen-bond donors (Lipinski definition) is 1. The minimum absolute atomic E-state index is 0.0974. The molecule has 0 bridgehead atoms. The predicted octanol–water partition coefficient (Wildman–Crippen LogP) is 1.12. The number of ether oxygens (including phenoxy) is 3. The van der Waals surface area contributed by atoms with Gasteiger partial charge in [0.25, 0.3) is 5.91 Å². The van der Waals surface area contributed by atoms with Crippen LogP contribution in [0.15, 0.2) is 18.2 Å². The first-order valence-electron chi connectivity index (χ1n) is 7.95. The molecule has 1 aromatic rings. The van der Waals surface area contributed by atoms with E-state index < -0.39 is 24.0 Å². The monoisotopic (exact) mass is 350 g/mol. The number of aryl methyl sites for hydroxylation is 1. The van der Waals surface area contributed by atoms with Crippen LogP contribution in [0.1, 0.15) is 18.9 Å². The number of carbonyl (C=O) groups excluding carboxylic acids is 3. The Labute approximate surface area is 146 Å². The molecular weight excluding hydrogens is 328 g/mol. The van der Waals surface area contributed by atoms with E-state index in [-0.39, 0.29) is 13.0 Å². The Morgan fingerprint density at radius 2 is 1.84 bits per heavy atom. The van der Waals surface area contributed by atoms with E-state index in [0.717, 1.165) is 10.5 Å². The van der Waals surface area contributed by atoms with Crippen molar-refractivity contribution < 1.29 is 28.6 Å². The summed E-state index contributed by atoms with van der Waals surface area (Å²) >= 11 is 0. The number of hydrogen-bond acceptors (Lipinski definition) is 6. The molecule has 1 aliphatic heterocycles. The van der Waals surface area contributed by atoms with Crippen LogP contribution in [0.25, 0.3) is 0 Å². The van der Waals surface area contributed by atoms with Gasteiger partial charge in [-0.3, -0.25) is 14.5 Å². The average Bonchev–Trinajstić information content (AvgIpc) is 3.04. The summed E-state index contributed by atoms with van der Waals surface area (Å²) in [5.74, 6) is 0.228. The summed E-state index contributed by atoms with van der Waals surface area (Å²) in [4.78, 5) is 36.6. The first-order valence-corrected chi connectivity index (χ1v) is 7.95. The van der Waals surface area contributed by atoms with Crippen LogP contribution in [0, 0.1) is 0 Å². The lowest BCUT2D eigenvalue weighted by molar-refractivity contribution is -0.157. The van der Waals surface area contributed by atoms with E-state index in [1.165, 1.54) is 6.92 Å². The number of nitrogens with zero attached hydrogens (tertiary/aromatic N) is 1. The van der Waals surface area contributed by atoms with Gasteiger partial charge in [-0.05, 0) is 31.0 Å². The van der Waals surface area contributed by atoms with Gasteiger partial charge in [0, 0.05) is 25.6 Å². The highest BCUT2D eigenvalue weighted by Crippen LogP contribution is 2.23. The zero-order chi connectivity index (χ0) is 18.4. The van der Waals surface area contributed by atoms with Crippen molar-refractivity contribution in [2.75, 3.05) is 27.3 Å². The lowest BCUT2D eigenvalue weighted by atomic mass is 10.1. The molecule has 1 atom stereocenters. The zero-order valence-electron chi connectivity index (χ0n) is 14.5. The number of nitrogens with one attached hydrogen (secondary N) is 1. The number of urea groups is 1. The molecule has 0 radical (unpaired) electrons. The number of rotatable bonds is 7. The summed E-state index contributed by atoms with van der Waals surface area (Å²) in [5.41, 5.74) is 0.853. The maximum Gasteiger partial charge on any atom is 0.324 e. The van der Waals surface area contributed by atoms with Crippen molar-refractivity contribution in [2.24, 2.45) is 0 Å². The largest absolute Gasteiger partial charge is 0.497 e. The molecule has 0 unspecified atom stereocenters. The first-order chi connectivity index (χ1) is 11.9. The van der Waals surface area contributed by atoms with Crippen LogP contribution in [0.2, 0.25) is 0 Å². The van der Waals surface area contributed by atoms with E-state index in [9.17, 15) is 14.4 Å². The third-order valence-electron chi connectivity index (χ3n) is 3.81. The quantitative estimate of drug-likeness (QED) is 0.741. The van der Waals surface area contributed by atoms with E-state index in [4.69, 9.17) is 14.2 Å². The number of imide groups is 1. The highest BCUT2D eigenvalue weighted by Gasteiger charge is 2.31. The van der Waals surface area contributed by atoms with Crippen molar-refractivity contribution in [1.82, 2.24) is 10.2 Å². The fourth-order valence-corrected chi connectivity index (χ4v) is 2.46. The third-order valence-corrected chi connectivity index (χ3v) is 3.81. The highest BCUT2D eigenvalue weighted by atomic mass is 16.5. The molecule has 0 saturated carbocycles. The summed E-state index contributed by atoms with van der Waals surface area (Å²) in [5, 5.41) is 2.53. The second-order valence-electron chi connectivity index (χ2n) is 5.57. The van der Waals surface area contributed by atoms with Crippen molar-refractivity contribution in [2.45, 2.75) is 25.9 Å². The Kier molecular flexibility index (Phi) is 6.21. The van der Waals surface area contributed by atoms with Crippen LogP contribution >= 0.6 is 0 Å². The molecule has 1 saturated heterocycles. The second-order valence-corrected chi connectivity index (χ2v) is 5.57. The van der Waals surface area contributed by atoms with Gasteiger partial charge in [0.1, 0.15) is 11.5 Å². The van der Waals surface area contributed by atoms with Crippen molar-refractivity contribution >= 4 is 17.9 Å². The van der Waals surface area contributed by atoms with Crippen molar-refractivity contribution in [3.8, 4) is 11.5 Å². The molecule has 25 heavy (non-hydrogen) atoms. The Hall–Kier alpha value is -2.77. The van der Waals surface area contributed by atoms with Gasteiger partial charge in [-0.15, -0.1) is 0 Å². The average molecular weight is 350 g/mol. The van der Waals surface area contributed by atoms with E-state index in [1.807, 2.05) is 0 Å². The lowest BCUT2D eigenvalue weighted by Gasteiger charge is -2.18. The van der Waals surface area contributed by atoms with Crippen molar-refractivity contribution in [3.05, 3.63) is 23.8 Å². The molecule has 3 amide bonds. The standard InChI is InChI=1S/C17H22N2O6/c1-11(16(21)19-7-6-18-17(19)22)25-15(20)5-4-12-8-13(23-2)10-14(9-12)24-3/h8-11H,4-7H2,1-3H3,(H,18,22)/t11-/m1/s1. The first kappa shape index (κ1) is 18.6. The third kappa shape index (κ3) is 4.85. The van der Waals surface area contributed by atoms with Gasteiger partial charge in [0.15, 0.2) is 6.10 Å². The van der Waals surface area contributed by atoms with Crippen LogP contribution in [-0.4, -0.2) is 56.2 Å². The molecule has 1 fully saturated rings. The Morgan fingerprint density at radius 1 is 1.20 bits per heavy atom. The molecule has 0 aliphatic carbocycles. The van der Waals surface area contributed by atoms with Gasteiger partial charge >= 0.3 is 12.0 Å². The van der Waals surface area contributed by atoms with E-state index in [2.05, 4.69) is 5.32 Å². The number of amides is 3. The molecule has 136 valence electrons. The van der Waals surface area contributed by atoms with Crippen molar-refractivity contribution in [3.63, 3.8) is 0 Å². The van der Waals surface area contributed by atoms with Gasteiger partial charge < -0.3 is 19.5 Å². The minimum atomic E-state index is -1.00. The SMILES string of the molecule is COc1cc(CCC(=O)O[C@H](C)C(=O)N2CCNC2=O)cc(OC)c1. The molecule has 1 aromatic carbocycles. The second kappa shape index (κ2) is 8.36. The molecule has 0 aromatic heterocycles. The fourth-order valence-electron chi connectivity index (χ4n) is 2.46. The molecule has 8 heteroatoms. The van der Waals surface area contributed by atoms with Crippen LogP contribution in [-0.2, 0) is 20.7 Å². The minimum Gasteiger partial charge on any atom is -0.497 e. The fraction of sp³-hybridized carbons (Fsp3) is 0.471. The van der Waals surface area contributed by atoms with E-state index >= 15 is 0 Å². The number of benzene rings is 1. The maximum absolute atomic E-state index is 12.1. The van der Waals surface area contributed by atoms with E-state index in [1.54, 1.807) is 32.4 Å². The molecule has 2 rings (SSSR count). The molecule has 1 heterocycles. The normalized spacial score (nSPS) is 14.7. The molecular formula is C17H22N2O6.